The molecule has 1 amide bonds. The lowest BCUT2D eigenvalue weighted by molar-refractivity contribution is 0.0952. The Hall–Kier alpha value is -1.58. The van der Waals surface area contributed by atoms with Crippen LogP contribution in [0.1, 0.15) is 63.0 Å². The summed E-state index contributed by atoms with van der Waals surface area (Å²) in [6.07, 6.45) is 3.75. The first-order valence-corrected chi connectivity index (χ1v) is 7.94. The summed E-state index contributed by atoms with van der Waals surface area (Å²) in [6.45, 7) is 9.93. The highest BCUT2D eigenvalue weighted by Gasteiger charge is 2.22. The predicted molar refractivity (Wildman–Crippen MR) is 86.8 cm³/mol. The summed E-state index contributed by atoms with van der Waals surface area (Å²) < 4.78 is 0. The molecule has 0 unspecified atom stereocenters. The Bertz CT molecular complexity index is 501. The summed E-state index contributed by atoms with van der Waals surface area (Å²) >= 11 is 0. The van der Waals surface area contributed by atoms with Gasteiger partial charge in [-0.05, 0) is 31.4 Å². The predicted octanol–water partition coefficient (Wildman–Crippen LogP) is 3.34. The van der Waals surface area contributed by atoms with Crippen LogP contribution in [0.4, 0.5) is 5.82 Å². The summed E-state index contributed by atoms with van der Waals surface area (Å²) in [7, 11) is 0. The molecule has 1 heterocycles. The Morgan fingerprint density at radius 3 is 2.62 bits per heavy atom. The number of aromatic nitrogens is 1. The van der Waals surface area contributed by atoms with Gasteiger partial charge < -0.3 is 10.6 Å². The SMILES string of the molecule is CCNc1cc(C(=O)NCCC2CC2)cc(C(C)(C)C)n1. The molecule has 0 atom stereocenters. The highest BCUT2D eigenvalue weighted by Crippen LogP contribution is 2.31. The van der Waals surface area contributed by atoms with Crippen LogP contribution < -0.4 is 10.6 Å². The molecule has 1 saturated carbocycles. The molecule has 2 rings (SSSR count). The van der Waals surface area contributed by atoms with Crippen molar-refractivity contribution in [1.82, 2.24) is 10.3 Å². The zero-order chi connectivity index (χ0) is 15.5. The molecular weight excluding hydrogens is 262 g/mol. The molecule has 0 aliphatic heterocycles. The number of nitrogens with zero attached hydrogens (tertiary/aromatic N) is 1. The molecule has 21 heavy (non-hydrogen) atoms. The molecule has 0 spiro atoms. The number of pyridine rings is 1. The van der Waals surface area contributed by atoms with Crippen molar-refractivity contribution in [2.75, 3.05) is 18.4 Å². The average Bonchev–Trinajstić information content (AvgIpc) is 3.22. The first kappa shape index (κ1) is 15.8. The highest BCUT2D eigenvalue weighted by atomic mass is 16.1. The smallest absolute Gasteiger partial charge is 0.251 e. The molecule has 4 nitrogen and oxygen atoms in total. The molecule has 1 aliphatic rings. The normalized spacial score (nSPS) is 14.9. The van der Waals surface area contributed by atoms with Crippen molar-refractivity contribution in [1.29, 1.82) is 0 Å². The largest absolute Gasteiger partial charge is 0.370 e. The van der Waals surface area contributed by atoms with E-state index in [1.807, 2.05) is 19.1 Å². The van der Waals surface area contributed by atoms with Gasteiger partial charge in [-0.2, -0.15) is 0 Å². The molecule has 0 radical (unpaired) electrons. The third-order valence-electron chi connectivity index (χ3n) is 3.75. The summed E-state index contributed by atoms with van der Waals surface area (Å²) in [6, 6.07) is 3.75. The van der Waals surface area contributed by atoms with E-state index in [4.69, 9.17) is 0 Å². The van der Waals surface area contributed by atoms with Crippen LogP contribution in [0, 0.1) is 5.92 Å². The third kappa shape index (κ3) is 4.73. The average molecular weight is 289 g/mol. The van der Waals surface area contributed by atoms with E-state index in [0.29, 0.717) is 5.56 Å². The molecule has 0 bridgehead atoms. The third-order valence-corrected chi connectivity index (χ3v) is 3.75. The summed E-state index contributed by atoms with van der Waals surface area (Å²) in [5.74, 6) is 1.62. The van der Waals surface area contributed by atoms with Crippen LogP contribution in [0.3, 0.4) is 0 Å². The second-order valence-electron chi connectivity index (χ2n) is 6.89. The lowest BCUT2D eigenvalue weighted by atomic mass is 9.90. The minimum Gasteiger partial charge on any atom is -0.370 e. The lowest BCUT2D eigenvalue weighted by Crippen LogP contribution is -2.26. The Morgan fingerprint density at radius 2 is 2.05 bits per heavy atom. The molecule has 2 N–H and O–H groups in total. The van der Waals surface area contributed by atoms with Gasteiger partial charge in [0, 0.05) is 29.8 Å². The first-order chi connectivity index (χ1) is 9.90. The minimum absolute atomic E-state index is 0.00250. The Labute approximate surface area is 127 Å². The molecule has 0 saturated heterocycles. The Morgan fingerprint density at radius 1 is 1.33 bits per heavy atom. The first-order valence-electron chi connectivity index (χ1n) is 7.94. The Balaban J connectivity index is 2.11. The monoisotopic (exact) mass is 289 g/mol. The number of carbonyl (C=O) groups is 1. The molecule has 1 aliphatic carbocycles. The van der Waals surface area contributed by atoms with Gasteiger partial charge in [0.05, 0.1) is 0 Å². The maximum Gasteiger partial charge on any atom is 0.251 e. The van der Waals surface area contributed by atoms with Crippen LogP contribution in [0.25, 0.3) is 0 Å². The van der Waals surface area contributed by atoms with Crippen LogP contribution in [0.15, 0.2) is 12.1 Å². The van der Waals surface area contributed by atoms with Crippen molar-refractivity contribution < 1.29 is 4.79 Å². The van der Waals surface area contributed by atoms with Crippen LogP contribution in [0.5, 0.6) is 0 Å². The van der Waals surface area contributed by atoms with Crippen molar-refractivity contribution in [2.24, 2.45) is 5.92 Å². The molecule has 1 aromatic heterocycles. The van der Waals surface area contributed by atoms with Crippen molar-refractivity contribution in [2.45, 2.75) is 52.4 Å². The molecule has 1 aromatic rings. The van der Waals surface area contributed by atoms with Gasteiger partial charge in [-0.15, -0.1) is 0 Å². The van der Waals surface area contributed by atoms with Gasteiger partial charge >= 0.3 is 0 Å². The van der Waals surface area contributed by atoms with Crippen LogP contribution >= 0.6 is 0 Å². The maximum absolute atomic E-state index is 12.3. The highest BCUT2D eigenvalue weighted by molar-refractivity contribution is 5.95. The summed E-state index contributed by atoms with van der Waals surface area (Å²) in [5.41, 5.74) is 1.56. The van der Waals surface area contributed by atoms with Gasteiger partial charge in [-0.3, -0.25) is 4.79 Å². The quantitative estimate of drug-likeness (QED) is 0.844. The van der Waals surface area contributed by atoms with E-state index < -0.39 is 0 Å². The van der Waals surface area contributed by atoms with Crippen molar-refractivity contribution in [3.8, 4) is 0 Å². The number of carbonyl (C=O) groups excluding carboxylic acids is 1. The number of rotatable bonds is 6. The second kappa shape index (κ2) is 6.46. The van der Waals surface area contributed by atoms with Gasteiger partial charge in [0.25, 0.3) is 5.91 Å². The minimum atomic E-state index is -0.0749. The Kier molecular flexibility index (Phi) is 4.86. The number of nitrogens with one attached hydrogen (secondary N) is 2. The fourth-order valence-corrected chi connectivity index (χ4v) is 2.22. The van der Waals surface area contributed by atoms with Crippen LogP contribution in [0.2, 0.25) is 0 Å². The number of amides is 1. The molecule has 0 aromatic carbocycles. The summed E-state index contributed by atoms with van der Waals surface area (Å²) in [4.78, 5) is 16.9. The molecule has 116 valence electrons. The van der Waals surface area contributed by atoms with E-state index in [9.17, 15) is 4.79 Å². The zero-order valence-electron chi connectivity index (χ0n) is 13.6. The van der Waals surface area contributed by atoms with Gasteiger partial charge in [0.15, 0.2) is 0 Å². The van der Waals surface area contributed by atoms with E-state index in [2.05, 4.69) is 36.4 Å². The number of hydrogen-bond acceptors (Lipinski definition) is 3. The van der Waals surface area contributed by atoms with E-state index >= 15 is 0 Å². The lowest BCUT2D eigenvalue weighted by Gasteiger charge is -2.20. The van der Waals surface area contributed by atoms with Crippen molar-refractivity contribution in [3.63, 3.8) is 0 Å². The number of anilines is 1. The van der Waals surface area contributed by atoms with Gasteiger partial charge in [0.1, 0.15) is 5.82 Å². The van der Waals surface area contributed by atoms with E-state index in [-0.39, 0.29) is 11.3 Å². The zero-order valence-corrected chi connectivity index (χ0v) is 13.6. The van der Waals surface area contributed by atoms with E-state index in [1.54, 1.807) is 0 Å². The van der Waals surface area contributed by atoms with Gasteiger partial charge in [0.2, 0.25) is 0 Å². The van der Waals surface area contributed by atoms with Crippen molar-refractivity contribution >= 4 is 11.7 Å². The standard InChI is InChI=1S/C17H27N3O/c1-5-18-15-11-13(10-14(20-15)17(2,3)4)16(21)19-9-8-12-6-7-12/h10-12H,5-9H2,1-4H3,(H,18,20)(H,19,21). The molecule has 1 fully saturated rings. The van der Waals surface area contributed by atoms with Crippen LogP contribution in [-0.2, 0) is 5.41 Å². The maximum atomic E-state index is 12.3. The van der Waals surface area contributed by atoms with Gasteiger partial charge in [-0.25, -0.2) is 4.98 Å². The van der Waals surface area contributed by atoms with E-state index in [0.717, 1.165) is 36.9 Å². The topological polar surface area (TPSA) is 54.0 Å². The number of hydrogen-bond donors (Lipinski definition) is 2. The molecule has 4 heteroatoms. The van der Waals surface area contributed by atoms with Crippen LogP contribution in [-0.4, -0.2) is 24.0 Å². The van der Waals surface area contributed by atoms with Crippen molar-refractivity contribution in [3.05, 3.63) is 23.4 Å². The second-order valence-corrected chi connectivity index (χ2v) is 6.89. The molecular formula is C17H27N3O. The summed E-state index contributed by atoms with van der Waals surface area (Å²) in [5, 5.41) is 6.23. The fraction of sp³-hybridized carbons (Fsp3) is 0.647. The fourth-order valence-electron chi connectivity index (χ4n) is 2.22. The van der Waals surface area contributed by atoms with E-state index in [1.165, 1.54) is 12.8 Å². The van der Waals surface area contributed by atoms with Gasteiger partial charge in [-0.1, -0.05) is 33.6 Å².